The van der Waals surface area contributed by atoms with Crippen molar-refractivity contribution in [3.63, 3.8) is 0 Å². The van der Waals surface area contributed by atoms with E-state index in [1.54, 1.807) is 0 Å². The largest absolute Gasteiger partial charge is 0.0989 e. The van der Waals surface area contributed by atoms with E-state index in [-0.39, 0.29) is 0 Å². The lowest BCUT2D eigenvalue weighted by Crippen LogP contribution is -1.81. The molecule has 0 aromatic heterocycles. The van der Waals surface area contributed by atoms with Gasteiger partial charge in [-0.2, -0.15) is 0 Å². The van der Waals surface area contributed by atoms with Crippen LogP contribution in [0, 0.1) is 11.8 Å². The van der Waals surface area contributed by atoms with Crippen LogP contribution in [0.1, 0.15) is 33.6 Å². The summed E-state index contributed by atoms with van der Waals surface area (Å²) in [5, 5.41) is 0. The lowest BCUT2D eigenvalue weighted by Gasteiger charge is -1.95. The molecule has 11 heavy (non-hydrogen) atoms. The number of hydrogen-bond acceptors (Lipinski definition) is 0. The molecule has 0 bridgehead atoms. The van der Waals surface area contributed by atoms with Crippen molar-refractivity contribution in [3.05, 3.63) is 23.8 Å². The first kappa shape index (κ1) is 8.58. The van der Waals surface area contributed by atoms with Crippen molar-refractivity contribution >= 4 is 0 Å². The minimum Gasteiger partial charge on any atom is -0.0989 e. The Bertz CT molecular complexity index is 186. The van der Waals surface area contributed by atoms with Crippen molar-refractivity contribution in [1.82, 2.24) is 0 Å². The fourth-order valence-electron chi connectivity index (χ4n) is 1.65. The molecule has 1 aliphatic rings. The summed E-state index contributed by atoms with van der Waals surface area (Å²) < 4.78 is 0. The molecule has 0 saturated heterocycles. The third-order valence-corrected chi connectivity index (χ3v) is 2.62. The van der Waals surface area contributed by atoms with E-state index in [4.69, 9.17) is 0 Å². The molecular weight excluding hydrogens is 132 g/mol. The Morgan fingerprint density at radius 2 is 2.18 bits per heavy atom. The molecule has 0 N–H and O–H groups in total. The van der Waals surface area contributed by atoms with Crippen LogP contribution >= 0.6 is 0 Å². The van der Waals surface area contributed by atoms with Gasteiger partial charge in [-0.1, -0.05) is 44.1 Å². The third kappa shape index (κ3) is 1.74. The molecule has 0 aromatic carbocycles. The normalized spacial score (nSPS) is 30.8. The predicted octanol–water partition coefficient (Wildman–Crippen LogP) is 3.55. The molecule has 1 fully saturated rings. The van der Waals surface area contributed by atoms with Crippen LogP contribution in [0.5, 0.6) is 0 Å². The molecular formula is C11H18. The molecule has 62 valence electrons. The summed E-state index contributed by atoms with van der Waals surface area (Å²) >= 11 is 0. The Morgan fingerprint density at radius 3 is 2.55 bits per heavy atom. The van der Waals surface area contributed by atoms with Gasteiger partial charge in [-0.15, -0.1) is 0 Å². The van der Waals surface area contributed by atoms with E-state index in [9.17, 15) is 0 Å². The zero-order chi connectivity index (χ0) is 8.43. The predicted molar refractivity (Wildman–Crippen MR) is 50.5 cm³/mol. The molecule has 1 aliphatic carbocycles. The fourth-order valence-corrected chi connectivity index (χ4v) is 1.65. The second kappa shape index (κ2) is 3.25. The van der Waals surface area contributed by atoms with Crippen LogP contribution in [-0.4, -0.2) is 0 Å². The molecule has 0 heterocycles. The van der Waals surface area contributed by atoms with Crippen molar-refractivity contribution in [2.75, 3.05) is 0 Å². The summed E-state index contributed by atoms with van der Waals surface area (Å²) in [6, 6.07) is 0. The van der Waals surface area contributed by atoms with Gasteiger partial charge in [0.2, 0.25) is 0 Å². The van der Waals surface area contributed by atoms with Gasteiger partial charge >= 0.3 is 0 Å². The van der Waals surface area contributed by atoms with E-state index >= 15 is 0 Å². The van der Waals surface area contributed by atoms with Gasteiger partial charge in [0, 0.05) is 5.92 Å². The molecule has 0 nitrogen and oxygen atoms in total. The van der Waals surface area contributed by atoms with Crippen LogP contribution in [0.3, 0.4) is 0 Å². The molecule has 2 unspecified atom stereocenters. The molecule has 0 amide bonds. The van der Waals surface area contributed by atoms with Gasteiger partial charge < -0.3 is 0 Å². The first-order valence-corrected chi connectivity index (χ1v) is 4.53. The molecule has 1 saturated carbocycles. The second-order valence-corrected chi connectivity index (χ2v) is 3.58. The maximum Gasteiger partial charge on any atom is 0.00674 e. The lowest BCUT2D eigenvalue weighted by atomic mass is 10.1. The van der Waals surface area contributed by atoms with Crippen molar-refractivity contribution in [1.29, 1.82) is 0 Å². The number of allylic oxidation sites excluding steroid dienone is 3. The summed E-state index contributed by atoms with van der Waals surface area (Å²) in [4.78, 5) is 0. The number of unbranched alkanes of at least 4 members (excludes halogenated alkanes) is 1. The highest BCUT2D eigenvalue weighted by Gasteiger charge is 2.38. The molecule has 2 atom stereocenters. The molecule has 0 spiro atoms. The van der Waals surface area contributed by atoms with Gasteiger partial charge in [0.15, 0.2) is 0 Å². The quantitative estimate of drug-likeness (QED) is 0.540. The molecule has 1 rings (SSSR count). The molecule has 0 aromatic rings. The van der Waals surface area contributed by atoms with Crippen LogP contribution in [0.4, 0.5) is 0 Å². The Balaban J connectivity index is 2.43. The highest BCUT2D eigenvalue weighted by molar-refractivity contribution is 5.35. The average molecular weight is 150 g/mol. The topological polar surface area (TPSA) is 0 Å². The van der Waals surface area contributed by atoms with Gasteiger partial charge in [0.05, 0.1) is 0 Å². The zero-order valence-corrected chi connectivity index (χ0v) is 7.85. The minimum atomic E-state index is 0.724. The highest BCUT2D eigenvalue weighted by atomic mass is 14.4. The van der Waals surface area contributed by atoms with Crippen molar-refractivity contribution in [2.45, 2.75) is 33.6 Å². The Kier molecular flexibility index (Phi) is 2.53. The van der Waals surface area contributed by atoms with Crippen LogP contribution < -0.4 is 0 Å². The summed E-state index contributed by atoms with van der Waals surface area (Å²) in [7, 11) is 0. The Labute approximate surface area is 70.0 Å². The van der Waals surface area contributed by atoms with Gasteiger partial charge in [-0.05, 0) is 19.3 Å². The van der Waals surface area contributed by atoms with Gasteiger partial charge in [0.25, 0.3) is 0 Å². The summed E-state index contributed by atoms with van der Waals surface area (Å²) in [5.74, 6) is 1.48. The Morgan fingerprint density at radius 1 is 1.64 bits per heavy atom. The van der Waals surface area contributed by atoms with Crippen LogP contribution in [0.2, 0.25) is 0 Å². The molecule has 0 heteroatoms. The van der Waals surface area contributed by atoms with Crippen molar-refractivity contribution in [3.8, 4) is 0 Å². The second-order valence-electron chi connectivity index (χ2n) is 3.58. The van der Waals surface area contributed by atoms with Crippen LogP contribution in [-0.2, 0) is 0 Å². The maximum atomic E-state index is 4.02. The van der Waals surface area contributed by atoms with Gasteiger partial charge in [-0.25, -0.2) is 0 Å². The average Bonchev–Trinajstić information content (AvgIpc) is 2.56. The molecule has 0 radical (unpaired) electrons. The SMILES string of the molecule is C=C1C(C)C1C(C)=CCCC. The van der Waals surface area contributed by atoms with E-state index in [2.05, 4.69) is 33.4 Å². The van der Waals surface area contributed by atoms with E-state index in [0.717, 1.165) is 11.8 Å². The fraction of sp³-hybridized carbons (Fsp3) is 0.636. The Hall–Kier alpha value is -0.520. The first-order chi connectivity index (χ1) is 5.18. The van der Waals surface area contributed by atoms with Gasteiger partial charge in [0.1, 0.15) is 0 Å². The lowest BCUT2D eigenvalue weighted by molar-refractivity contribution is 0.838. The van der Waals surface area contributed by atoms with E-state index in [1.807, 2.05) is 0 Å². The smallest absolute Gasteiger partial charge is 0.00674 e. The van der Waals surface area contributed by atoms with E-state index < -0.39 is 0 Å². The highest BCUT2D eigenvalue weighted by Crippen LogP contribution is 2.48. The number of hydrogen-bond donors (Lipinski definition) is 0. The summed E-state index contributed by atoms with van der Waals surface area (Å²) in [6.45, 7) is 10.7. The van der Waals surface area contributed by atoms with Gasteiger partial charge in [-0.3, -0.25) is 0 Å². The van der Waals surface area contributed by atoms with Crippen molar-refractivity contribution < 1.29 is 0 Å². The summed E-state index contributed by atoms with van der Waals surface area (Å²) in [5.41, 5.74) is 2.96. The minimum absolute atomic E-state index is 0.724. The first-order valence-electron chi connectivity index (χ1n) is 4.53. The van der Waals surface area contributed by atoms with Crippen LogP contribution in [0.25, 0.3) is 0 Å². The third-order valence-electron chi connectivity index (χ3n) is 2.62. The monoisotopic (exact) mass is 150 g/mol. The number of rotatable bonds is 3. The van der Waals surface area contributed by atoms with Crippen molar-refractivity contribution in [2.24, 2.45) is 11.8 Å². The summed E-state index contributed by atoms with van der Waals surface area (Å²) in [6.07, 6.45) is 4.84. The van der Waals surface area contributed by atoms with E-state index in [1.165, 1.54) is 24.0 Å². The maximum absolute atomic E-state index is 4.02. The standard InChI is InChI=1S/C11H18/c1-5-6-7-8(2)11-9(3)10(11)4/h7,10-11H,3,5-6H2,1-2,4H3. The van der Waals surface area contributed by atoms with Crippen LogP contribution in [0.15, 0.2) is 23.8 Å². The zero-order valence-electron chi connectivity index (χ0n) is 7.85. The van der Waals surface area contributed by atoms with E-state index in [0.29, 0.717) is 0 Å². The molecule has 0 aliphatic heterocycles.